The Morgan fingerprint density at radius 2 is 1.75 bits per heavy atom. The molecule has 0 unspecified atom stereocenters. The topological polar surface area (TPSA) is 0 Å². The van der Waals surface area contributed by atoms with Crippen LogP contribution in [0.2, 0.25) is 0 Å². The SMILES string of the molecule is CC1=CC=C(C2=C(F)C(F)=C(Cl)CC2)CC1. The van der Waals surface area contributed by atoms with Gasteiger partial charge in [0.25, 0.3) is 0 Å². The molecular weight excluding hydrogens is 230 g/mol. The molecule has 0 aromatic heterocycles. The molecule has 0 N–H and O–H groups in total. The van der Waals surface area contributed by atoms with Gasteiger partial charge in [-0.15, -0.1) is 0 Å². The molecule has 0 atom stereocenters. The van der Waals surface area contributed by atoms with Crippen molar-refractivity contribution < 1.29 is 8.78 Å². The van der Waals surface area contributed by atoms with Crippen LogP contribution in [0.4, 0.5) is 8.78 Å². The van der Waals surface area contributed by atoms with Crippen LogP contribution in [-0.4, -0.2) is 0 Å². The van der Waals surface area contributed by atoms with E-state index in [1.807, 2.05) is 19.1 Å². The van der Waals surface area contributed by atoms with Crippen LogP contribution in [0.5, 0.6) is 0 Å². The molecule has 16 heavy (non-hydrogen) atoms. The van der Waals surface area contributed by atoms with Crippen LogP contribution in [0.1, 0.15) is 32.6 Å². The lowest BCUT2D eigenvalue weighted by Crippen LogP contribution is -2.03. The molecule has 0 saturated heterocycles. The molecule has 0 aliphatic heterocycles. The van der Waals surface area contributed by atoms with Gasteiger partial charge in [0.05, 0.1) is 5.03 Å². The van der Waals surface area contributed by atoms with E-state index in [0.29, 0.717) is 18.4 Å². The number of rotatable bonds is 1. The number of hydrogen-bond donors (Lipinski definition) is 0. The molecule has 0 radical (unpaired) electrons. The van der Waals surface area contributed by atoms with Crippen LogP contribution in [0.3, 0.4) is 0 Å². The molecule has 0 amide bonds. The zero-order chi connectivity index (χ0) is 11.7. The van der Waals surface area contributed by atoms with Gasteiger partial charge in [-0.05, 0) is 43.8 Å². The standard InChI is InChI=1S/C13H13ClF2/c1-8-2-4-9(5-3-8)10-6-7-11(14)13(16)12(10)15/h2,4H,3,5-7H2,1H3. The van der Waals surface area contributed by atoms with Crippen LogP contribution in [0.15, 0.2) is 45.6 Å². The highest BCUT2D eigenvalue weighted by Crippen LogP contribution is 2.39. The summed E-state index contributed by atoms with van der Waals surface area (Å²) in [6, 6.07) is 0. The van der Waals surface area contributed by atoms with Crippen LogP contribution in [0.25, 0.3) is 0 Å². The monoisotopic (exact) mass is 242 g/mol. The van der Waals surface area contributed by atoms with Gasteiger partial charge >= 0.3 is 0 Å². The fourth-order valence-electron chi connectivity index (χ4n) is 2.00. The number of hydrogen-bond acceptors (Lipinski definition) is 0. The Morgan fingerprint density at radius 1 is 1.00 bits per heavy atom. The van der Waals surface area contributed by atoms with E-state index >= 15 is 0 Å². The van der Waals surface area contributed by atoms with Crippen molar-refractivity contribution >= 4 is 11.6 Å². The van der Waals surface area contributed by atoms with Gasteiger partial charge in [-0.2, -0.15) is 0 Å². The molecule has 0 saturated carbocycles. The Bertz CT molecular complexity index is 439. The third-order valence-corrected chi connectivity index (χ3v) is 3.39. The van der Waals surface area contributed by atoms with Gasteiger partial charge in [0.15, 0.2) is 11.7 Å². The van der Waals surface area contributed by atoms with Crippen molar-refractivity contribution in [2.45, 2.75) is 32.6 Å². The summed E-state index contributed by atoms with van der Waals surface area (Å²) < 4.78 is 27.0. The van der Waals surface area contributed by atoms with E-state index in [2.05, 4.69) is 0 Å². The fraction of sp³-hybridized carbons (Fsp3) is 0.385. The van der Waals surface area contributed by atoms with Crippen molar-refractivity contribution in [3.8, 4) is 0 Å². The van der Waals surface area contributed by atoms with Crippen LogP contribution >= 0.6 is 11.6 Å². The van der Waals surface area contributed by atoms with E-state index in [0.717, 1.165) is 18.4 Å². The Balaban J connectivity index is 2.36. The van der Waals surface area contributed by atoms with E-state index in [1.54, 1.807) is 0 Å². The largest absolute Gasteiger partial charge is 0.203 e. The maximum atomic E-state index is 13.7. The summed E-state index contributed by atoms with van der Waals surface area (Å²) >= 11 is 5.59. The number of halogens is 3. The molecule has 2 rings (SSSR count). The van der Waals surface area contributed by atoms with E-state index < -0.39 is 11.7 Å². The summed E-state index contributed by atoms with van der Waals surface area (Å²) in [6.07, 6.45) is 6.46. The summed E-state index contributed by atoms with van der Waals surface area (Å²) in [6.45, 7) is 2.04. The quantitative estimate of drug-likeness (QED) is 0.601. The van der Waals surface area contributed by atoms with Gasteiger partial charge in [0.2, 0.25) is 0 Å². The summed E-state index contributed by atoms with van der Waals surface area (Å²) in [7, 11) is 0. The molecule has 0 aromatic carbocycles. The highest BCUT2D eigenvalue weighted by molar-refractivity contribution is 6.30. The zero-order valence-electron chi connectivity index (χ0n) is 9.12. The zero-order valence-corrected chi connectivity index (χ0v) is 9.87. The summed E-state index contributed by atoms with van der Waals surface area (Å²) in [4.78, 5) is 0. The predicted molar refractivity (Wildman–Crippen MR) is 62.4 cm³/mol. The molecule has 0 aromatic rings. The highest BCUT2D eigenvalue weighted by Gasteiger charge is 2.23. The van der Waals surface area contributed by atoms with Gasteiger partial charge < -0.3 is 0 Å². The summed E-state index contributed by atoms with van der Waals surface area (Å²) in [5.74, 6) is -1.65. The maximum Gasteiger partial charge on any atom is 0.173 e. The van der Waals surface area contributed by atoms with Crippen molar-refractivity contribution in [2.24, 2.45) is 0 Å². The molecule has 2 aliphatic rings. The third-order valence-electron chi connectivity index (χ3n) is 3.04. The smallest absolute Gasteiger partial charge is 0.173 e. The second kappa shape index (κ2) is 4.54. The second-order valence-corrected chi connectivity index (χ2v) is 4.67. The van der Waals surface area contributed by atoms with Crippen molar-refractivity contribution in [3.63, 3.8) is 0 Å². The van der Waals surface area contributed by atoms with Crippen molar-refractivity contribution in [2.75, 3.05) is 0 Å². The minimum Gasteiger partial charge on any atom is -0.203 e. The Kier molecular flexibility index (Phi) is 3.29. The first-order chi connectivity index (χ1) is 7.59. The lowest BCUT2D eigenvalue weighted by atomic mass is 9.89. The number of allylic oxidation sites excluding steroid dienone is 8. The van der Waals surface area contributed by atoms with Crippen molar-refractivity contribution in [3.05, 3.63) is 45.6 Å². The van der Waals surface area contributed by atoms with Crippen molar-refractivity contribution in [1.29, 1.82) is 0 Å². The van der Waals surface area contributed by atoms with E-state index in [4.69, 9.17) is 11.6 Å². The van der Waals surface area contributed by atoms with Crippen LogP contribution in [-0.2, 0) is 0 Å². The molecule has 0 heterocycles. The van der Waals surface area contributed by atoms with Crippen LogP contribution < -0.4 is 0 Å². The third kappa shape index (κ3) is 2.12. The van der Waals surface area contributed by atoms with E-state index in [9.17, 15) is 8.78 Å². The Labute approximate surface area is 99.0 Å². The van der Waals surface area contributed by atoms with Crippen molar-refractivity contribution in [1.82, 2.24) is 0 Å². The molecule has 2 aliphatic carbocycles. The fourth-order valence-corrected chi connectivity index (χ4v) is 2.18. The summed E-state index contributed by atoms with van der Waals surface area (Å²) in [5.41, 5.74) is 2.67. The minimum atomic E-state index is -0.880. The first kappa shape index (κ1) is 11.6. The second-order valence-electron chi connectivity index (χ2n) is 4.22. The molecule has 0 fully saturated rings. The van der Waals surface area contributed by atoms with Crippen LogP contribution in [0, 0.1) is 0 Å². The van der Waals surface area contributed by atoms with Gasteiger partial charge in [-0.3, -0.25) is 0 Å². The predicted octanol–water partition coefficient (Wildman–Crippen LogP) is 5.09. The first-order valence-electron chi connectivity index (χ1n) is 5.39. The van der Waals surface area contributed by atoms with E-state index in [1.165, 1.54) is 5.57 Å². The van der Waals surface area contributed by atoms with Gasteiger partial charge in [-0.25, -0.2) is 8.78 Å². The Hall–Kier alpha value is -0.890. The lowest BCUT2D eigenvalue weighted by molar-refractivity contribution is 0.517. The molecule has 0 bridgehead atoms. The first-order valence-corrected chi connectivity index (χ1v) is 5.77. The molecule has 0 nitrogen and oxygen atoms in total. The summed E-state index contributed by atoms with van der Waals surface area (Å²) in [5, 5.41) is 0.00406. The molecular formula is C13H13ClF2. The Morgan fingerprint density at radius 3 is 2.38 bits per heavy atom. The van der Waals surface area contributed by atoms with Gasteiger partial charge in [0, 0.05) is 0 Å². The highest BCUT2D eigenvalue weighted by atomic mass is 35.5. The lowest BCUT2D eigenvalue weighted by Gasteiger charge is -2.19. The average Bonchev–Trinajstić information content (AvgIpc) is 2.28. The average molecular weight is 243 g/mol. The van der Waals surface area contributed by atoms with Gasteiger partial charge in [-0.1, -0.05) is 29.3 Å². The van der Waals surface area contributed by atoms with Gasteiger partial charge in [0.1, 0.15) is 0 Å². The normalized spacial score (nSPS) is 22.2. The minimum absolute atomic E-state index is 0.00406. The molecule has 3 heteroatoms. The molecule has 0 spiro atoms. The van der Waals surface area contributed by atoms with E-state index in [-0.39, 0.29) is 5.03 Å². The molecule has 86 valence electrons. The maximum absolute atomic E-state index is 13.7.